The Kier molecular flexibility index (Phi) is 3.48. The van der Waals surface area contributed by atoms with E-state index in [9.17, 15) is 8.42 Å². The maximum atomic E-state index is 10.6. The summed E-state index contributed by atoms with van der Waals surface area (Å²) < 4.78 is 21.2. The summed E-state index contributed by atoms with van der Waals surface area (Å²) in [5, 5.41) is 0. The summed E-state index contributed by atoms with van der Waals surface area (Å²) in [6, 6.07) is 7.68. The van der Waals surface area contributed by atoms with Crippen molar-refractivity contribution in [1.82, 2.24) is 0 Å². The van der Waals surface area contributed by atoms with Gasteiger partial charge in [-0.15, -0.1) is 0 Å². The first-order valence-corrected chi connectivity index (χ1v) is 5.67. The minimum atomic E-state index is -2.32. The Labute approximate surface area is 80.5 Å². The lowest BCUT2D eigenvalue weighted by Crippen LogP contribution is -1.96. The number of hydrogen-bond acceptors (Lipinski definition) is 2. The van der Waals surface area contributed by atoms with E-state index in [4.69, 9.17) is 0 Å². The summed E-state index contributed by atoms with van der Waals surface area (Å²) in [6.45, 7) is 4.13. The first-order chi connectivity index (χ1) is 6.11. The molecule has 0 saturated carbocycles. The molecule has 13 heavy (non-hydrogen) atoms. The summed E-state index contributed by atoms with van der Waals surface area (Å²) >= 11 is 0. The van der Waals surface area contributed by atoms with Gasteiger partial charge in [0.1, 0.15) is 10.7 Å². The number of benzene rings is 1. The molecule has 0 heterocycles. The molecule has 0 unspecified atom stereocenters. The highest BCUT2D eigenvalue weighted by Crippen LogP contribution is 2.19. The maximum Gasteiger partial charge on any atom is 0.144 e. The summed E-state index contributed by atoms with van der Waals surface area (Å²) in [5.41, 5.74) is 2.05. The number of thiol groups is 1. The molecule has 0 atom stereocenters. The molecule has 3 heteroatoms. The smallest absolute Gasteiger partial charge is 0.144 e. The molecule has 0 aliphatic rings. The fourth-order valence-corrected chi connectivity index (χ4v) is 1.95. The van der Waals surface area contributed by atoms with Crippen molar-refractivity contribution in [3.63, 3.8) is 0 Å². The van der Waals surface area contributed by atoms with Gasteiger partial charge in [0.2, 0.25) is 0 Å². The zero-order valence-corrected chi connectivity index (χ0v) is 8.75. The van der Waals surface area contributed by atoms with Gasteiger partial charge < -0.3 is 0 Å². The predicted octanol–water partition coefficient (Wildman–Crippen LogP) is 1.92. The monoisotopic (exact) mass is 198 g/mol. The number of rotatable bonds is 3. The molecule has 0 aliphatic carbocycles. The lowest BCUT2D eigenvalue weighted by atomic mass is 9.98. The van der Waals surface area contributed by atoms with Gasteiger partial charge in [-0.1, -0.05) is 38.1 Å². The van der Waals surface area contributed by atoms with Gasteiger partial charge in [0.05, 0.1) is 5.75 Å². The molecule has 0 fully saturated rings. The highest BCUT2D eigenvalue weighted by Gasteiger charge is 2.05. The Morgan fingerprint density at radius 3 is 2.38 bits per heavy atom. The predicted molar refractivity (Wildman–Crippen MR) is 54.5 cm³/mol. The normalized spacial score (nSPS) is 11.1. The Balaban J connectivity index is 3.04. The summed E-state index contributed by atoms with van der Waals surface area (Å²) in [7, 11) is -2.32. The molecular formula is C10H14O2S. The molecule has 1 rings (SSSR count). The average molecular weight is 198 g/mol. The van der Waals surface area contributed by atoms with Crippen LogP contribution in [0.2, 0.25) is 0 Å². The maximum absolute atomic E-state index is 10.6. The third-order valence-electron chi connectivity index (χ3n) is 1.98. The largest absolute Gasteiger partial charge is 0.232 e. The average Bonchev–Trinajstić information content (AvgIpc) is 2.03. The van der Waals surface area contributed by atoms with E-state index in [0.29, 0.717) is 5.92 Å². The van der Waals surface area contributed by atoms with Crippen LogP contribution in [0.4, 0.5) is 0 Å². The summed E-state index contributed by atoms with van der Waals surface area (Å²) in [6.07, 6.45) is 0. The van der Waals surface area contributed by atoms with Gasteiger partial charge in [-0.05, 0) is 17.0 Å². The fourth-order valence-electron chi connectivity index (χ4n) is 1.38. The van der Waals surface area contributed by atoms with E-state index in [2.05, 4.69) is 13.8 Å². The molecule has 0 bridgehead atoms. The van der Waals surface area contributed by atoms with Crippen LogP contribution in [0.3, 0.4) is 0 Å². The van der Waals surface area contributed by atoms with Crippen molar-refractivity contribution < 1.29 is 8.42 Å². The molecule has 0 radical (unpaired) electrons. The van der Waals surface area contributed by atoms with E-state index in [-0.39, 0.29) is 5.75 Å². The summed E-state index contributed by atoms with van der Waals surface area (Å²) in [5.74, 6) is 0.537. The van der Waals surface area contributed by atoms with Crippen LogP contribution in [0.15, 0.2) is 24.3 Å². The molecule has 1 aromatic rings. The molecule has 1 aromatic carbocycles. The van der Waals surface area contributed by atoms with Crippen molar-refractivity contribution in [2.24, 2.45) is 0 Å². The second-order valence-corrected chi connectivity index (χ2v) is 4.33. The van der Waals surface area contributed by atoms with Crippen LogP contribution in [0, 0.1) is 0 Å². The third kappa shape index (κ3) is 2.84. The van der Waals surface area contributed by atoms with Crippen LogP contribution in [0.25, 0.3) is 0 Å². The van der Waals surface area contributed by atoms with Crippen LogP contribution in [-0.2, 0) is 16.5 Å². The standard InChI is InChI=1S/C10H14O2S/c1-8(2)10-6-4-3-5-9(10)7-13(11)12/h3-6,8,13H,7H2,1-2H3. The van der Waals surface area contributed by atoms with E-state index in [1.165, 1.54) is 0 Å². The van der Waals surface area contributed by atoms with Crippen LogP contribution >= 0.6 is 0 Å². The number of hydrogen-bond donors (Lipinski definition) is 1. The molecule has 0 saturated heterocycles. The van der Waals surface area contributed by atoms with Crippen LogP contribution in [-0.4, -0.2) is 8.42 Å². The molecular weight excluding hydrogens is 184 g/mol. The summed E-state index contributed by atoms with van der Waals surface area (Å²) in [4.78, 5) is 0. The Hall–Kier alpha value is -0.830. The second-order valence-electron chi connectivity index (χ2n) is 3.34. The van der Waals surface area contributed by atoms with E-state index in [1.54, 1.807) is 0 Å². The fraction of sp³-hybridized carbons (Fsp3) is 0.400. The van der Waals surface area contributed by atoms with E-state index < -0.39 is 10.7 Å². The van der Waals surface area contributed by atoms with Gasteiger partial charge in [-0.2, -0.15) is 0 Å². The van der Waals surface area contributed by atoms with Gasteiger partial charge >= 0.3 is 0 Å². The third-order valence-corrected chi connectivity index (χ3v) is 2.58. The molecule has 0 aliphatic heterocycles. The van der Waals surface area contributed by atoms with Crippen molar-refractivity contribution in [2.45, 2.75) is 25.5 Å². The van der Waals surface area contributed by atoms with Gasteiger partial charge in [0, 0.05) is 0 Å². The van der Waals surface area contributed by atoms with Gasteiger partial charge in [0.15, 0.2) is 0 Å². The van der Waals surface area contributed by atoms with Crippen molar-refractivity contribution >= 4 is 10.7 Å². The minimum Gasteiger partial charge on any atom is -0.232 e. The first kappa shape index (κ1) is 10.3. The second kappa shape index (κ2) is 4.42. The molecule has 0 spiro atoms. The SMILES string of the molecule is CC(C)c1ccccc1C[SH](=O)=O. The van der Waals surface area contributed by atoms with Gasteiger partial charge in [-0.25, -0.2) is 8.42 Å². The van der Waals surface area contributed by atoms with Crippen LogP contribution in [0.1, 0.15) is 30.9 Å². The lowest BCUT2D eigenvalue weighted by molar-refractivity contribution is 0.613. The zero-order valence-electron chi connectivity index (χ0n) is 7.86. The van der Waals surface area contributed by atoms with E-state index >= 15 is 0 Å². The van der Waals surface area contributed by atoms with Crippen LogP contribution < -0.4 is 0 Å². The lowest BCUT2D eigenvalue weighted by Gasteiger charge is -2.09. The Morgan fingerprint density at radius 1 is 1.23 bits per heavy atom. The molecule has 0 amide bonds. The topological polar surface area (TPSA) is 34.1 Å². The molecule has 0 aromatic heterocycles. The van der Waals surface area contributed by atoms with Crippen LogP contribution in [0.5, 0.6) is 0 Å². The van der Waals surface area contributed by atoms with Crippen molar-refractivity contribution in [1.29, 1.82) is 0 Å². The zero-order chi connectivity index (χ0) is 9.84. The van der Waals surface area contributed by atoms with Gasteiger partial charge in [0.25, 0.3) is 0 Å². The molecule has 2 nitrogen and oxygen atoms in total. The van der Waals surface area contributed by atoms with Crippen molar-refractivity contribution in [3.05, 3.63) is 35.4 Å². The quantitative estimate of drug-likeness (QED) is 0.753. The molecule has 0 N–H and O–H groups in total. The highest BCUT2D eigenvalue weighted by molar-refractivity contribution is 7.71. The minimum absolute atomic E-state index is 0.156. The Bertz CT molecular complexity index is 346. The molecule has 72 valence electrons. The Morgan fingerprint density at radius 2 is 1.85 bits per heavy atom. The van der Waals surface area contributed by atoms with Gasteiger partial charge in [-0.3, -0.25) is 0 Å². The van der Waals surface area contributed by atoms with E-state index in [0.717, 1.165) is 11.1 Å². The first-order valence-electron chi connectivity index (χ1n) is 4.31. The van der Waals surface area contributed by atoms with E-state index in [1.807, 2.05) is 24.3 Å². The van der Waals surface area contributed by atoms with Crippen molar-refractivity contribution in [3.8, 4) is 0 Å². The van der Waals surface area contributed by atoms with Crippen molar-refractivity contribution in [2.75, 3.05) is 0 Å². The highest BCUT2D eigenvalue weighted by atomic mass is 32.2.